The molecule has 0 radical (unpaired) electrons. The van der Waals surface area contributed by atoms with Gasteiger partial charge in [-0.3, -0.25) is 4.99 Å². The van der Waals surface area contributed by atoms with Crippen LogP contribution < -0.4 is 5.32 Å². The minimum atomic E-state index is 0.416. The fourth-order valence-electron chi connectivity index (χ4n) is 2.81. The Balaban J connectivity index is 1.75. The first-order valence-electron chi connectivity index (χ1n) is 8.65. The second-order valence-electron chi connectivity index (χ2n) is 6.20. The summed E-state index contributed by atoms with van der Waals surface area (Å²) in [6.07, 6.45) is 3.52. The topological polar surface area (TPSA) is 49.8 Å². The van der Waals surface area contributed by atoms with Crippen LogP contribution >= 0.6 is 11.3 Å². The van der Waals surface area contributed by atoms with Gasteiger partial charge in [-0.1, -0.05) is 13.8 Å². The highest BCUT2D eigenvalue weighted by molar-refractivity contribution is 7.09. The minimum Gasteiger partial charge on any atom is -0.378 e. The Bertz CT molecular complexity index is 493. The van der Waals surface area contributed by atoms with E-state index in [4.69, 9.17) is 4.74 Å². The average Bonchev–Trinajstić information content (AvgIpc) is 3.02. The molecule has 0 amide bonds. The molecule has 0 spiro atoms. The van der Waals surface area contributed by atoms with Crippen molar-refractivity contribution in [2.24, 2.45) is 4.99 Å². The third-order valence-corrected chi connectivity index (χ3v) is 5.28. The van der Waals surface area contributed by atoms with Crippen LogP contribution in [0.15, 0.2) is 10.4 Å². The molecule has 1 aromatic heterocycles. The Morgan fingerprint density at radius 1 is 1.48 bits per heavy atom. The van der Waals surface area contributed by atoms with Gasteiger partial charge < -0.3 is 15.0 Å². The third kappa shape index (κ3) is 5.46. The van der Waals surface area contributed by atoms with Crippen molar-refractivity contribution in [2.45, 2.75) is 52.1 Å². The van der Waals surface area contributed by atoms with Gasteiger partial charge in [-0.15, -0.1) is 11.3 Å². The van der Waals surface area contributed by atoms with Crippen molar-refractivity contribution in [1.82, 2.24) is 15.2 Å². The van der Waals surface area contributed by atoms with Crippen LogP contribution in [-0.4, -0.2) is 55.2 Å². The van der Waals surface area contributed by atoms with E-state index in [1.54, 1.807) is 11.3 Å². The maximum absolute atomic E-state index is 5.71. The zero-order valence-corrected chi connectivity index (χ0v) is 15.7. The average molecular weight is 339 g/mol. The summed E-state index contributed by atoms with van der Waals surface area (Å²) in [7, 11) is 1.86. The number of rotatable bonds is 6. The van der Waals surface area contributed by atoms with E-state index >= 15 is 0 Å². The lowest BCUT2D eigenvalue weighted by Gasteiger charge is -2.34. The van der Waals surface area contributed by atoms with Crippen LogP contribution in [0.3, 0.4) is 0 Å². The van der Waals surface area contributed by atoms with Crippen molar-refractivity contribution < 1.29 is 4.74 Å². The first kappa shape index (κ1) is 18.2. The van der Waals surface area contributed by atoms with E-state index in [9.17, 15) is 0 Å². The SMILES string of the molecule is CCOC1CCN(C(=NC)NCCc2csc(C(C)C)n2)CC1. The molecule has 1 fully saturated rings. The van der Waals surface area contributed by atoms with Gasteiger partial charge in [0.05, 0.1) is 16.8 Å². The lowest BCUT2D eigenvalue weighted by atomic mass is 10.1. The molecule has 2 rings (SSSR count). The molecular formula is C17H30N4OS. The van der Waals surface area contributed by atoms with Crippen molar-refractivity contribution >= 4 is 17.3 Å². The van der Waals surface area contributed by atoms with Crippen LogP contribution in [0, 0.1) is 0 Å². The molecule has 1 saturated heterocycles. The number of hydrogen-bond acceptors (Lipinski definition) is 4. The van der Waals surface area contributed by atoms with Crippen LogP contribution in [0.4, 0.5) is 0 Å². The van der Waals surface area contributed by atoms with E-state index in [-0.39, 0.29) is 0 Å². The molecule has 0 bridgehead atoms. The van der Waals surface area contributed by atoms with Gasteiger partial charge in [0.1, 0.15) is 0 Å². The fourth-order valence-corrected chi connectivity index (χ4v) is 3.68. The van der Waals surface area contributed by atoms with Crippen LogP contribution in [-0.2, 0) is 11.2 Å². The number of aliphatic imine (C=N–C) groups is 1. The summed E-state index contributed by atoms with van der Waals surface area (Å²) in [5.74, 6) is 1.51. The van der Waals surface area contributed by atoms with Crippen molar-refractivity contribution in [3.05, 3.63) is 16.1 Å². The van der Waals surface area contributed by atoms with Crippen molar-refractivity contribution in [2.75, 3.05) is 33.3 Å². The Kier molecular flexibility index (Phi) is 7.30. The first-order valence-corrected chi connectivity index (χ1v) is 9.53. The van der Waals surface area contributed by atoms with E-state index < -0.39 is 0 Å². The number of piperidine rings is 1. The summed E-state index contributed by atoms with van der Waals surface area (Å²) in [5.41, 5.74) is 1.18. The molecule has 6 heteroatoms. The molecule has 23 heavy (non-hydrogen) atoms. The number of hydrogen-bond donors (Lipinski definition) is 1. The van der Waals surface area contributed by atoms with Gasteiger partial charge in [0.25, 0.3) is 0 Å². The van der Waals surface area contributed by atoms with Crippen LogP contribution in [0.25, 0.3) is 0 Å². The normalized spacial score (nSPS) is 17.1. The number of guanidine groups is 1. The molecular weight excluding hydrogens is 308 g/mol. The Labute approximate surface area is 144 Å². The smallest absolute Gasteiger partial charge is 0.193 e. The number of nitrogens with zero attached hydrogens (tertiary/aromatic N) is 3. The lowest BCUT2D eigenvalue weighted by Crippen LogP contribution is -2.47. The summed E-state index contributed by atoms with van der Waals surface area (Å²) < 4.78 is 5.71. The Hall–Kier alpha value is -1.14. The number of aromatic nitrogens is 1. The molecule has 0 aliphatic carbocycles. The van der Waals surface area contributed by atoms with E-state index in [2.05, 4.69) is 46.3 Å². The molecule has 0 saturated carbocycles. The fraction of sp³-hybridized carbons (Fsp3) is 0.765. The monoisotopic (exact) mass is 338 g/mol. The molecule has 2 heterocycles. The molecule has 130 valence electrons. The van der Waals surface area contributed by atoms with E-state index in [0.717, 1.165) is 51.5 Å². The molecule has 1 aliphatic rings. The van der Waals surface area contributed by atoms with E-state index in [1.807, 2.05) is 7.05 Å². The predicted octanol–water partition coefficient (Wildman–Crippen LogP) is 2.89. The Morgan fingerprint density at radius 2 is 2.22 bits per heavy atom. The van der Waals surface area contributed by atoms with Crippen molar-refractivity contribution in [1.29, 1.82) is 0 Å². The minimum absolute atomic E-state index is 0.416. The largest absolute Gasteiger partial charge is 0.378 e. The number of ether oxygens (including phenoxy) is 1. The summed E-state index contributed by atoms with van der Waals surface area (Å²) in [6.45, 7) is 10.2. The maximum atomic E-state index is 5.71. The van der Waals surface area contributed by atoms with Crippen LogP contribution in [0.2, 0.25) is 0 Å². The molecule has 1 aromatic rings. The number of likely N-dealkylation sites (tertiary alicyclic amines) is 1. The predicted molar refractivity (Wildman–Crippen MR) is 97.5 cm³/mol. The summed E-state index contributed by atoms with van der Waals surface area (Å²) >= 11 is 1.76. The molecule has 0 unspecified atom stereocenters. The van der Waals surface area contributed by atoms with Gasteiger partial charge in [-0.05, 0) is 19.8 Å². The molecule has 1 aliphatic heterocycles. The first-order chi connectivity index (χ1) is 11.1. The highest BCUT2D eigenvalue weighted by atomic mass is 32.1. The molecule has 5 nitrogen and oxygen atoms in total. The number of nitrogens with one attached hydrogen (secondary N) is 1. The van der Waals surface area contributed by atoms with Crippen molar-refractivity contribution in [3.8, 4) is 0 Å². The van der Waals surface area contributed by atoms with Gasteiger partial charge in [0, 0.05) is 51.0 Å². The second kappa shape index (κ2) is 9.23. The van der Waals surface area contributed by atoms with Crippen molar-refractivity contribution in [3.63, 3.8) is 0 Å². The van der Waals surface area contributed by atoms with Gasteiger partial charge in [-0.25, -0.2) is 4.98 Å². The van der Waals surface area contributed by atoms with Gasteiger partial charge in [0.15, 0.2) is 5.96 Å². The quantitative estimate of drug-likeness (QED) is 0.640. The second-order valence-corrected chi connectivity index (χ2v) is 7.09. The molecule has 0 atom stereocenters. The highest BCUT2D eigenvalue weighted by Crippen LogP contribution is 2.19. The van der Waals surface area contributed by atoms with E-state index in [1.165, 1.54) is 10.7 Å². The molecule has 0 aromatic carbocycles. The highest BCUT2D eigenvalue weighted by Gasteiger charge is 2.21. The molecule has 1 N–H and O–H groups in total. The van der Waals surface area contributed by atoms with E-state index in [0.29, 0.717) is 12.0 Å². The summed E-state index contributed by atoms with van der Waals surface area (Å²) in [5, 5.41) is 6.87. The Morgan fingerprint density at radius 3 is 2.78 bits per heavy atom. The van der Waals surface area contributed by atoms with Gasteiger partial charge >= 0.3 is 0 Å². The summed E-state index contributed by atoms with van der Waals surface area (Å²) in [6, 6.07) is 0. The standard InChI is InChI=1S/C17H30N4OS/c1-5-22-15-7-10-21(11-8-15)17(18-4)19-9-6-14-12-23-16(20-14)13(2)3/h12-13,15H,5-11H2,1-4H3,(H,18,19). The van der Waals surface area contributed by atoms with Gasteiger partial charge in [-0.2, -0.15) is 0 Å². The number of thiazole rings is 1. The summed E-state index contributed by atoms with van der Waals surface area (Å²) in [4.78, 5) is 11.4. The maximum Gasteiger partial charge on any atom is 0.193 e. The van der Waals surface area contributed by atoms with Gasteiger partial charge in [0.2, 0.25) is 0 Å². The van der Waals surface area contributed by atoms with Crippen LogP contribution in [0.1, 0.15) is 50.2 Å². The lowest BCUT2D eigenvalue weighted by molar-refractivity contribution is 0.0264. The zero-order chi connectivity index (χ0) is 16.7. The zero-order valence-electron chi connectivity index (χ0n) is 14.8. The van der Waals surface area contributed by atoms with Crippen LogP contribution in [0.5, 0.6) is 0 Å². The third-order valence-electron chi connectivity index (χ3n) is 4.08.